The van der Waals surface area contributed by atoms with E-state index in [9.17, 15) is 9.36 Å². The van der Waals surface area contributed by atoms with Crippen LogP contribution in [0.25, 0.3) is 11.2 Å². The molecule has 0 bridgehead atoms. The van der Waals surface area contributed by atoms with Gasteiger partial charge in [0, 0.05) is 10.6 Å². The fourth-order valence-electron chi connectivity index (χ4n) is 3.23. The summed E-state index contributed by atoms with van der Waals surface area (Å²) in [5.41, 5.74) is 12.4. The van der Waals surface area contributed by atoms with Gasteiger partial charge in [-0.1, -0.05) is 11.2 Å². The molecule has 0 aliphatic carbocycles. The maximum absolute atomic E-state index is 12.2. The Bertz CT molecular complexity index is 1220. The van der Waals surface area contributed by atoms with Crippen molar-refractivity contribution in [2.75, 3.05) is 31.3 Å². The number of carbonyl (C=O) groups is 1. The number of imidazole rings is 1. The molecule has 2 aromatic heterocycles. The Morgan fingerprint density at radius 2 is 2.14 bits per heavy atom. The highest BCUT2D eigenvalue weighted by Crippen LogP contribution is 2.29. The van der Waals surface area contributed by atoms with Crippen molar-refractivity contribution >= 4 is 37.1 Å². The molecule has 2 unspecified atom stereocenters. The highest BCUT2D eigenvalue weighted by atomic mass is 31.1. The van der Waals surface area contributed by atoms with Crippen molar-refractivity contribution in [1.82, 2.24) is 24.6 Å². The van der Waals surface area contributed by atoms with Gasteiger partial charge in [-0.2, -0.15) is 9.97 Å². The predicted octanol–water partition coefficient (Wildman–Crippen LogP) is 1.52. The summed E-state index contributed by atoms with van der Waals surface area (Å²) >= 11 is 0. The van der Waals surface area contributed by atoms with Gasteiger partial charge < -0.3 is 30.4 Å². The summed E-state index contributed by atoms with van der Waals surface area (Å²) in [6, 6.07) is 5.76. The minimum absolute atomic E-state index is 0.0324. The third-order valence-corrected chi connectivity index (χ3v) is 5.80. The maximum Gasteiger partial charge on any atom is 0.664 e. The number of hydrogen-bond acceptors (Lipinski definition) is 12. The topological polar surface area (TPSA) is 188 Å². The van der Waals surface area contributed by atoms with E-state index in [4.69, 9.17) is 34.9 Å². The van der Waals surface area contributed by atoms with Crippen molar-refractivity contribution in [3.63, 3.8) is 0 Å². The van der Waals surface area contributed by atoms with Crippen molar-refractivity contribution in [2.24, 2.45) is 0 Å². The van der Waals surface area contributed by atoms with Crippen LogP contribution in [0.5, 0.6) is 11.5 Å². The van der Waals surface area contributed by atoms with Crippen molar-refractivity contribution in [2.45, 2.75) is 32.4 Å². The largest absolute Gasteiger partial charge is 0.664 e. The summed E-state index contributed by atoms with van der Waals surface area (Å²) in [6.45, 7) is 3.77. The average molecular weight is 506 g/mol. The lowest BCUT2D eigenvalue weighted by molar-refractivity contribution is -0.144. The Balaban J connectivity index is 1.30. The highest BCUT2D eigenvalue weighted by Gasteiger charge is 2.31. The average Bonchev–Trinajstić information content (AvgIpc) is 3.45. The molecule has 4 atom stereocenters. The monoisotopic (exact) mass is 506 g/mol. The molecule has 1 saturated heterocycles. The van der Waals surface area contributed by atoms with Crippen LogP contribution in [-0.4, -0.2) is 57.6 Å². The Kier molecular flexibility index (Phi) is 7.56. The molecule has 1 fully saturated rings. The molecule has 0 amide bonds. The zero-order chi connectivity index (χ0) is 24.9. The van der Waals surface area contributed by atoms with E-state index in [0.29, 0.717) is 16.9 Å². The molecule has 3 aromatic rings. The quantitative estimate of drug-likeness (QED) is 0.265. The second-order valence-corrected chi connectivity index (χ2v) is 8.34. The molecule has 0 radical (unpaired) electrons. The Labute approximate surface area is 200 Å². The van der Waals surface area contributed by atoms with E-state index in [1.54, 1.807) is 35.8 Å². The molecule has 5 N–H and O–H groups in total. The van der Waals surface area contributed by atoms with Gasteiger partial charge in [-0.25, -0.2) is 9.51 Å². The van der Waals surface area contributed by atoms with Crippen molar-refractivity contribution in [1.29, 1.82) is 0 Å². The molecular formula is C20H25N7O7P+. The molecule has 4 rings (SSSR count). The van der Waals surface area contributed by atoms with E-state index in [-0.39, 0.29) is 37.3 Å². The molecule has 0 spiro atoms. The molecule has 186 valence electrons. The molecule has 3 heterocycles. The third-order valence-electron chi connectivity index (χ3n) is 4.83. The fraction of sp³-hybridized carbons (Fsp3) is 0.400. The number of esters is 1. The minimum Gasteiger partial charge on any atom is -0.488 e. The summed E-state index contributed by atoms with van der Waals surface area (Å²) in [7, 11) is -2.36. The van der Waals surface area contributed by atoms with Gasteiger partial charge in [0.2, 0.25) is 5.95 Å². The van der Waals surface area contributed by atoms with Crippen LogP contribution in [0.15, 0.2) is 30.6 Å². The van der Waals surface area contributed by atoms with Crippen LogP contribution in [-0.2, 0) is 23.6 Å². The number of aromatic nitrogens is 4. The Hall–Kier alpha value is -3.58. The molecule has 1 aliphatic rings. The van der Waals surface area contributed by atoms with Gasteiger partial charge in [-0.05, 0) is 26.0 Å². The number of hydrogen-bond donors (Lipinski definition) is 3. The number of carbonyl (C=O) groups excluding carboxylic acids is 1. The van der Waals surface area contributed by atoms with E-state index >= 15 is 0 Å². The maximum atomic E-state index is 12.2. The molecule has 0 saturated carbocycles. The lowest BCUT2D eigenvalue weighted by Crippen LogP contribution is -2.31. The summed E-state index contributed by atoms with van der Waals surface area (Å²) < 4.78 is 41.4. The molecule has 1 aliphatic heterocycles. The SMILES string of the molecule is CCOC(=O)[C@@H](C)N[P+](=O)Oc1cccc(OCC2OC[C@H](n3cnc4c(N)nc(N)nc43)O2)c1. The van der Waals surface area contributed by atoms with Crippen LogP contribution in [0.4, 0.5) is 11.8 Å². The first kappa shape index (κ1) is 24.5. The summed E-state index contributed by atoms with van der Waals surface area (Å²) in [4.78, 5) is 23.9. The third kappa shape index (κ3) is 5.92. The Morgan fingerprint density at radius 3 is 2.94 bits per heavy atom. The zero-order valence-corrected chi connectivity index (χ0v) is 19.9. The number of nitrogen functional groups attached to an aromatic ring is 2. The van der Waals surface area contributed by atoms with E-state index < -0.39 is 32.7 Å². The van der Waals surface area contributed by atoms with E-state index in [2.05, 4.69) is 20.0 Å². The molecular weight excluding hydrogens is 481 g/mol. The second-order valence-electron chi connectivity index (χ2n) is 7.38. The van der Waals surface area contributed by atoms with Crippen LogP contribution in [0.1, 0.15) is 20.1 Å². The standard InChI is InChI=1S/C20H25N7O7P/c1-3-30-19(28)11(2)26-35(29)34-13-6-4-5-12(7-13)31-9-15-32-8-14(33-15)27-10-23-16-17(21)24-20(22)25-18(16)27/h4-7,10-11,14-15H,3,8-9H2,1-2H3,(H,26,29)(H4,21,22,24,25)/q+1/t11-,14-,15?/m1/s1. The molecule has 1 aromatic carbocycles. The molecule has 35 heavy (non-hydrogen) atoms. The number of anilines is 2. The number of nitrogens with one attached hydrogen (secondary N) is 1. The van der Waals surface area contributed by atoms with E-state index in [1.165, 1.54) is 13.3 Å². The van der Waals surface area contributed by atoms with Gasteiger partial charge in [0.25, 0.3) is 0 Å². The number of nitrogens with two attached hydrogens (primary N) is 2. The van der Waals surface area contributed by atoms with Crippen LogP contribution < -0.4 is 25.8 Å². The summed E-state index contributed by atoms with van der Waals surface area (Å²) in [5.74, 6) is 0.429. The molecule has 15 heteroatoms. The van der Waals surface area contributed by atoms with Gasteiger partial charge in [-0.15, -0.1) is 0 Å². The normalized spacial score (nSPS) is 18.9. The molecule has 14 nitrogen and oxygen atoms in total. The van der Waals surface area contributed by atoms with E-state index in [0.717, 1.165) is 0 Å². The minimum atomic E-state index is -2.36. The van der Waals surface area contributed by atoms with E-state index in [1.807, 2.05) is 0 Å². The number of rotatable bonds is 10. The zero-order valence-electron chi connectivity index (χ0n) is 19.0. The van der Waals surface area contributed by atoms with Crippen molar-refractivity contribution < 1.29 is 32.8 Å². The number of ether oxygens (including phenoxy) is 4. The lowest BCUT2D eigenvalue weighted by Gasteiger charge is -2.14. The lowest BCUT2D eigenvalue weighted by atomic mass is 10.3. The van der Waals surface area contributed by atoms with Crippen molar-refractivity contribution in [3.05, 3.63) is 30.6 Å². The second kappa shape index (κ2) is 10.8. The van der Waals surface area contributed by atoms with Crippen LogP contribution in [0.3, 0.4) is 0 Å². The van der Waals surface area contributed by atoms with Gasteiger partial charge in [0.1, 0.15) is 23.9 Å². The number of benzene rings is 1. The van der Waals surface area contributed by atoms with Crippen LogP contribution in [0, 0.1) is 0 Å². The Morgan fingerprint density at radius 1 is 1.34 bits per heavy atom. The first-order valence-corrected chi connectivity index (χ1v) is 11.8. The fourth-order valence-corrected chi connectivity index (χ4v) is 4.01. The van der Waals surface area contributed by atoms with Crippen LogP contribution >= 0.6 is 8.18 Å². The number of nitrogens with zero attached hydrogens (tertiary/aromatic N) is 4. The van der Waals surface area contributed by atoms with Crippen molar-refractivity contribution in [3.8, 4) is 11.5 Å². The summed E-state index contributed by atoms with van der Waals surface area (Å²) in [5, 5.41) is 2.55. The smallest absolute Gasteiger partial charge is 0.488 e. The van der Waals surface area contributed by atoms with Gasteiger partial charge in [0.05, 0.1) is 19.5 Å². The predicted molar refractivity (Wildman–Crippen MR) is 123 cm³/mol. The number of fused-ring (bicyclic) bond motifs is 1. The first-order chi connectivity index (χ1) is 16.8. The van der Waals surface area contributed by atoms with Gasteiger partial charge >= 0.3 is 14.1 Å². The van der Waals surface area contributed by atoms with Gasteiger partial charge in [-0.3, -0.25) is 9.36 Å². The van der Waals surface area contributed by atoms with Gasteiger partial charge in [0.15, 0.2) is 29.7 Å². The van der Waals surface area contributed by atoms with Crippen LogP contribution in [0.2, 0.25) is 0 Å². The summed E-state index contributed by atoms with van der Waals surface area (Å²) in [6.07, 6.45) is 0.362. The highest BCUT2D eigenvalue weighted by molar-refractivity contribution is 7.37. The first-order valence-electron chi connectivity index (χ1n) is 10.7.